The zero-order chi connectivity index (χ0) is 21.8. The van der Waals surface area contributed by atoms with Crippen LogP contribution in [0.25, 0.3) is 0 Å². The van der Waals surface area contributed by atoms with Crippen molar-refractivity contribution in [3.8, 4) is 0 Å². The molecule has 2 saturated heterocycles. The molecule has 0 radical (unpaired) electrons. The van der Waals surface area contributed by atoms with E-state index in [2.05, 4.69) is 22.2 Å². The normalized spacial score (nSPS) is 21.3. The number of amides is 2. The number of rotatable bonds is 6. The first-order valence-corrected chi connectivity index (χ1v) is 10.8. The van der Waals surface area contributed by atoms with E-state index in [9.17, 15) is 14.0 Å². The van der Waals surface area contributed by atoms with Crippen LogP contribution >= 0.6 is 0 Å². The predicted molar refractivity (Wildman–Crippen MR) is 118 cm³/mol. The molecule has 2 aromatic carbocycles. The number of likely N-dealkylation sites (N-methyl/N-ethyl adjacent to an activating group) is 1. The van der Waals surface area contributed by atoms with Gasteiger partial charge >= 0.3 is 0 Å². The van der Waals surface area contributed by atoms with Crippen molar-refractivity contribution >= 4 is 17.5 Å². The van der Waals surface area contributed by atoms with Gasteiger partial charge in [-0.25, -0.2) is 4.39 Å². The van der Waals surface area contributed by atoms with Gasteiger partial charge in [0.25, 0.3) is 0 Å². The van der Waals surface area contributed by atoms with E-state index in [0.717, 1.165) is 38.3 Å². The molecule has 2 heterocycles. The van der Waals surface area contributed by atoms with Gasteiger partial charge < -0.3 is 15.1 Å². The molecule has 31 heavy (non-hydrogen) atoms. The quantitative estimate of drug-likeness (QED) is 0.773. The molecule has 2 aromatic rings. The smallest absolute Gasteiger partial charge is 0.227 e. The number of hydrogen-bond acceptors (Lipinski definition) is 4. The maximum absolute atomic E-state index is 14.2. The van der Waals surface area contributed by atoms with E-state index in [4.69, 9.17) is 0 Å². The van der Waals surface area contributed by atoms with Gasteiger partial charge in [0.15, 0.2) is 0 Å². The summed E-state index contributed by atoms with van der Waals surface area (Å²) in [7, 11) is 2.12. The molecule has 7 heteroatoms. The minimum atomic E-state index is -0.495. The SMILES string of the molecule is CN1CCN(CC(NC(=O)C2CC(=O)N(c3ccccc3F)C2)c2ccccc2)CC1. The largest absolute Gasteiger partial charge is 0.348 e. The minimum Gasteiger partial charge on any atom is -0.348 e. The topological polar surface area (TPSA) is 55.9 Å². The van der Waals surface area contributed by atoms with Crippen molar-refractivity contribution < 1.29 is 14.0 Å². The monoisotopic (exact) mass is 424 g/mol. The van der Waals surface area contributed by atoms with Crippen molar-refractivity contribution in [3.05, 3.63) is 66.0 Å². The van der Waals surface area contributed by atoms with Crippen LogP contribution in [0.1, 0.15) is 18.0 Å². The lowest BCUT2D eigenvalue weighted by Gasteiger charge is -2.35. The maximum Gasteiger partial charge on any atom is 0.227 e. The third-order valence-electron chi connectivity index (χ3n) is 6.19. The molecular weight excluding hydrogens is 395 g/mol. The molecule has 0 bridgehead atoms. The number of hydrogen-bond donors (Lipinski definition) is 1. The van der Waals surface area contributed by atoms with Crippen LogP contribution in [-0.2, 0) is 9.59 Å². The number of piperazine rings is 1. The van der Waals surface area contributed by atoms with Gasteiger partial charge in [-0.1, -0.05) is 42.5 Å². The van der Waals surface area contributed by atoms with E-state index in [1.165, 1.54) is 11.0 Å². The van der Waals surface area contributed by atoms with E-state index < -0.39 is 11.7 Å². The first-order chi connectivity index (χ1) is 15.0. The molecule has 2 aliphatic rings. The van der Waals surface area contributed by atoms with E-state index in [0.29, 0.717) is 0 Å². The molecule has 2 amide bonds. The molecule has 4 rings (SSSR count). The Labute approximate surface area is 182 Å². The molecular formula is C24H29FN4O2. The molecule has 2 fully saturated rings. The summed E-state index contributed by atoms with van der Waals surface area (Å²) in [5.74, 6) is -1.32. The van der Waals surface area contributed by atoms with E-state index in [-0.39, 0.29) is 36.5 Å². The Kier molecular flexibility index (Phi) is 6.63. The summed E-state index contributed by atoms with van der Waals surface area (Å²) in [6.45, 7) is 4.84. The van der Waals surface area contributed by atoms with Crippen molar-refractivity contribution in [2.24, 2.45) is 5.92 Å². The minimum absolute atomic E-state index is 0.0934. The van der Waals surface area contributed by atoms with Crippen LogP contribution in [0.3, 0.4) is 0 Å². The Morgan fingerprint density at radius 3 is 2.45 bits per heavy atom. The highest BCUT2D eigenvalue weighted by molar-refractivity contribution is 6.00. The number of anilines is 1. The van der Waals surface area contributed by atoms with E-state index in [1.54, 1.807) is 18.2 Å². The molecule has 2 unspecified atom stereocenters. The molecule has 1 N–H and O–H groups in total. The Balaban J connectivity index is 1.45. The summed E-state index contributed by atoms with van der Waals surface area (Å²) in [6, 6.07) is 16.0. The van der Waals surface area contributed by atoms with Crippen molar-refractivity contribution in [2.75, 3.05) is 51.2 Å². The second-order valence-corrected chi connectivity index (χ2v) is 8.43. The van der Waals surface area contributed by atoms with Gasteiger partial charge in [0, 0.05) is 45.7 Å². The number of para-hydroxylation sites is 1. The van der Waals surface area contributed by atoms with Gasteiger partial charge in [0.1, 0.15) is 5.82 Å². The summed E-state index contributed by atoms with van der Waals surface area (Å²) in [4.78, 5) is 31.7. The third-order valence-corrected chi connectivity index (χ3v) is 6.19. The fraction of sp³-hybridized carbons (Fsp3) is 0.417. The second-order valence-electron chi connectivity index (χ2n) is 8.43. The summed E-state index contributed by atoms with van der Waals surface area (Å²) < 4.78 is 14.2. The van der Waals surface area contributed by atoms with Gasteiger partial charge in [-0.15, -0.1) is 0 Å². The number of nitrogens with one attached hydrogen (secondary N) is 1. The third kappa shape index (κ3) is 5.11. The fourth-order valence-electron chi connectivity index (χ4n) is 4.28. The summed E-state index contributed by atoms with van der Waals surface area (Å²) >= 11 is 0. The molecule has 0 spiro atoms. The van der Waals surface area contributed by atoms with Crippen LogP contribution in [0.15, 0.2) is 54.6 Å². The van der Waals surface area contributed by atoms with Crippen molar-refractivity contribution in [2.45, 2.75) is 12.5 Å². The highest BCUT2D eigenvalue weighted by Crippen LogP contribution is 2.28. The molecule has 2 aliphatic heterocycles. The highest BCUT2D eigenvalue weighted by Gasteiger charge is 2.37. The molecule has 0 aliphatic carbocycles. The summed E-state index contributed by atoms with van der Waals surface area (Å²) in [5, 5.41) is 3.17. The Bertz CT molecular complexity index is 915. The first kappa shape index (κ1) is 21.5. The number of benzene rings is 2. The van der Waals surface area contributed by atoms with Crippen LogP contribution in [0, 0.1) is 11.7 Å². The molecule has 2 atom stereocenters. The van der Waals surface area contributed by atoms with Gasteiger partial charge in [0.2, 0.25) is 11.8 Å². The summed E-state index contributed by atoms with van der Waals surface area (Å²) in [5.41, 5.74) is 1.28. The summed E-state index contributed by atoms with van der Waals surface area (Å²) in [6.07, 6.45) is 0.0934. The zero-order valence-corrected chi connectivity index (χ0v) is 17.8. The van der Waals surface area contributed by atoms with Gasteiger partial charge in [-0.3, -0.25) is 14.5 Å². The molecule has 0 aromatic heterocycles. The first-order valence-electron chi connectivity index (χ1n) is 10.8. The molecule has 164 valence electrons. The highest BCUT2D eigenvalue weighted by atomic mass is 19.1. The Morgan fingerprint density at radius 1 is 1.06 bits per heavy atom. The standard InChI is InChI=1S/C24H29FN4O2/c1-27-11-13-28(14-12-27)17-21(18-7-3-2-4-8-18)26-24(31)19-15-23(30)29(16-19)22-10-6-5-9-20(22)25/h2-10,19,21H,11-17H2,1H3,(H,26,31). The van der Waals surface area contributed by atoms with Crippen LogP contribution < -0.4 is 10.2 Å². The second kappa shape index (κ2) is 9.58. The van der Waals surface area contributed by atoms with Gasteiger partial charge in [-0.05, 0) is 24.7 Å². The predicted octanol–water partition coefficient (Wildman–Crippen LogP) is 2.28. The van der Waals surface area contributed by atoms with E-state index >= 15 is 0 Å². The maximum atomic E-state index is 14.2. The van der Waals surface area contributed by atoms with Gasteiger partial charge in [0.05, 0.1) is 17.6 Å². The van der Waals surface area contributed by atoms with Crippen LogP contribution in [0.4, 0.5) is 10.1 Å². The lowest BCUT2D eigenvalue weighted by atomic mass is 10.0. The van der Waals surface area contributed by atoms with Crippen molar-refractivity contribution in [3.63, 3.8) is 0 Å². The van der Waals surface area contributed by atoms with E-state index in [1.807, 2.05) is 30.3 Å². The number of carbonyl (C=O) groups is 2. The average Bonchev–Trinajstić information content (AvgIpc) is 3.17. The zero-order valence-electron chi connectivity index (χ0n) is 17.8. The van der Waals surface area contributed by atoms with Crippen molar-refractivity contribution in [1.82, 2.24) is 15.1 Å². The fourth-order valence-corrected chi connectivity index (χ4v) is 4.28. The molecule has 6 nitrogen and oxygen atoms in total. The number of nitrogens with zero attached hydrogens (tertiary/aromatic N) is 3. The molecule has 0 saturated carbocycles. The van der Waals surface area contributed by atoms with Crippen LogP contribution in [-0.4, -0.2) is 67.9 Å². The Hall–Kier alpha value is -2.77. The number of carbonyl (C=O) groups excluding carboxylic acids is 2. The lowest BCUT2D eigenvalue weighted by Crippen LogP contribution is -2.48. The Morgan fingerprint density at radius 2 is 1.74 bits per heavy atom. The number of halogens is 1. The van der Waals surface area contributed by atoms with Gasteiger partial charge in [-0.2, -0.15) is 0 Å². The van der Waals surface area contributed by atoms with Crippen LogP contribution in [0.2, 0.25) is 0 Å². The van der Waals surface area contributed by atoms with Crippen molar-refractivity contribution in [1.29, 1.82) is 0 Å². The van der Waals surface area contributed by atoms with Crippen LogP contribution in [0.5, 0.6) is 0 Å². The lowest BCUT2D eigenvalue weighted by molar-refractivity contribution is -0.127. The average molecular weight is 425 g/mol.